The number of carbonyl (C=O) groups is 2. The second kappa shape index (κ2) is 8.71. The van der Waals surface area contributed by atoms with E-state index in [-0.39, 0.29) is 23.9 Å². The predicted molar refractivity (Wildman–Crippen MR) is 108 cm³/mol. The molecule has 2 aromatic carbocycles. The van der Waals surface area contributed by atoms with E-state index in [1.165, 1.54) is 29.5 Å². The standard InChI is InChI=1S/C22H18F3NO3S/c1-13(15-5-7-16(8-6-15)21(28)29)26-20(27)19-12-30-11-17(19)9-14-3-2-4-18(10-14)22(23,24)25/h2-8,10-13H,9H2,1H3,(H,26,27)(H,28,29)/t13-/m0/s1. The van der Waals surface area contributed by atoms with Crippen molar-refractivity contribution in [3.8, 4) is 0 Å². The molecule has 0 aliphatic heterocycles. The molecule has 0 aliphatic carbocycles. The number of nitrogens with one attached hydrogen (secondary N) is 1. The summed E-state index contributed by atoms with van der Waals surface area (Å²) in [5.41, 5.74) is 1.69. The van der Waals surface area contributed by atoms with Gasteiger partial charge < -0.3 is 10.4 Å². The van der Waals surface area contributed by atoms with E-state index in [0.717, 1.165) is 17.7 Å². The smallest absolute Gasteiger partial charge is 0.416 e. The summed E-state index contributed by atoms with van der Waals surface area (Å²) in [4.78, 5) is 23.7. The fraction of sp³-hybridized carbons (Fsp3) is 0.182. The second-order valence-corrected chi connectivity index (χ2v) is 7.55. The first kappa shape index (κ1) is 21.6. The van der Waals surface area contributed by atoms with E-state index < -0.39 is 17.7 Å². The highest BCUT2D eigenvalue weighted by atomic mass is 32.1. The maximum Gasteiger partial charge on any atom is 0.416 e. The molecule has 3 aromatic rings. The minimum atomic E-state index is -4.42. The predicted octanol–water partition coefficient (Wildman–Crippen LogP) is 5.55. The van der Waals surface area contributed by atoms with Gasteiger partial charge in [0.05, 0.1) is 22.7 Å². The molecule has 3 rings (SSSR count). The van der Waals surface area contributed by atoms with Crippen LogP contribution in [0.2, 0.25) is 0 Å². The number of thiophene rings is 1. The fourth-order valence-electron chi connectivity index (χ4n) is 3.01. The van der Waals surface area contributed by atoms with Gasteiger partial charge in [0.2, 0.25) is 0 Å². The van der Waals surface area contributed by atoms with Crippen LogP contribution in [0.4, 0.5) is 13.2 Å². The van der Waals surface area contributed by atoms with Crippen LogP contribution < -0.4 is 5.32 Å². The number of halogens is 3. The zero-order valence-electron chi connectivity index (χ0n) is 15.9. The molecule has 0 radical (unpaired) electrons. The van der Waals surface area contributed by atoms with Crippen molar-refractivity contribution in [3.63, 3.8) is 0 Å². The SMILES string of the molecule is C[C@H](NC(=O)c1cscc1Cc1cccc(C(F)(F)F)c1)c1ccc(C(=O)O)cc1. The molecule has 4 nitrogen and oxygen atoms in total. The molecule has 8 heteroatoms. The van der Waals surface area contributed by atoms with Crippen LogP contribution in [0.15, 0.2) is 59.3 Å². The second-order valence-electron chi connectivity index (χ2n) is 6.81. The number of carboxylic acids is 1. The van der Waals surface area contributed by atoms with Gasteiger partial charge in [-0.2, -0.15) is 24.5 Å². The molecule has 156 valence electrons. The van der Waals surface area contributed by atoms with Crippen molar-refractivity contribution in [3.05, 3.63) is 92.7 Å². The molecular weight excluding hydrogens is 415 g/mol. The Labute approximate surface area is 175 Å². The Morgan fingerprint density at radius 3 is 2.43 bits per heavy atom. The summed E-state index contributed by atoms with van der Waals surface area (Å²) in [5, 5.41) is 15.2. The van der Waals surface area contributed by atoms with E-state index in [4.69, 9.17) is 5.11 Å². The molecule has 1 aromatic heterocycles. The highest BCUT2D eigenvalue weighted by Crippen LogP contribution is 2.30. The van der Waals surface area contributed by atoms with Gasteiger partial charge in [0, 0.05) is 5.38 Å². The van der Waals surface area contributed by atoms with Crippen molar-refractivity contribution in [1.29, 1.82) is 0 Å². The van der Waals surface area contributed by atoms with Gasteiger partial charge in [-0.25, -0.2) is 4.79 Å². The molecule has 1 amide bonds. The lowest BCUT2D eigenvalue weighted by Crippen LogP contribution is -2.27. The van der Waals surface area contributed by atoms with Crippen LogP contribution in [0.1, 0.15) is 55.9 Å². The van der Waals surface area contributed by atoms with Crippen molar-refractivity contribution in [2.75, 3.05) is 0 Å². The number of carbonyl (C=O) groups excluding carboxylic acids is 1. The van der Waals surface area contributed by atoms with Gasteiger partial charge in [0.15, 0.2) is 0 Å². The van der Waals surface area contributed by atoms with Gasteiger partial charge >= 0.3 is 12.1 Å². The normalized spacial score (nSPS) is 12.4. The third kappa shape index (κ3) is 5.07. The van der Waals surface area contributed by atoms with E-state index in [1.54, 1.807) is 35.9 Å². The van der Waals surface area contributed by atoms with Crippen LogP contribution in [0, 0.1) is 0 Å². The van der Waals surface area contributed by atoms with Crippen molar-refractivity contribution in [2.24, 2.45) is 0 Å². The van der Waals surface area contributed by atoms with E-state index >= 15 is 0 Å². The maximum atomic E-state index is 12.9. The van der Waals surface area contributed by atoms with Crippen LogP contribution in [0.3, 0.4) is 0 Å². The van der Waals surface area contributed by atoms with E-state index in [9.17, 15) is 22.8 Å². The molecule has 0 aliphatic rings. The molecule has 2 N–H and O–H groups in total. The number of aromatic carboxylic acids is 1. The summed E-state index contributed by atoms with van der Waals surface area (Å²) in [6.45, 7) is 1.77. The number of alkyl halides is 3. The number of hydrogen-bond donors (Lipinski definition) is 2. The first-order valence-electron chi connectivity index (χ1n) is 9.00. The fourth-order valence-corrected chi connectivity index (χ4v) is 3.85. The minimum Gasteiger partial charge on any atom is -0.478 e. The highest BCUT2D eigenvalue weighted by Gasteiger charge is 2.30. The third-order valence-electron chi connectivity index (χ3n) is 4.64. The molecule has 0 saturated carbocycles. The topological polar surface area (TPSA) is 66.4 Å². The lowest BCUT2D eigenvalue weighted by molar-refractivity contribution is -0.137. The van der Waals surface area contributed by atoms with E-state index in [0.29, 0.717) is 16.7 Å². The number of benzene rings is 2. The minimum absolute atomic E-state index is 0.151. The molecule has 1 atom stereocenters. The summed E-state index contributed by atoms with van der Waals surface area (Å²) in [6, 6.07) is 10.9. The Balaban J connectivity index is 1.73. The summed E-state index contributed by atoms with van der Waals surface area (Å²) in [5.74, 6) is -1.37. The van der Waals surface area contributed by atoms with E-state index in [1.807, 2.05) is 0 Å². The Kier molecular flexibility index (Phi) is 6.26. The lowest BCUT2D eigenvalue weighted by Gasteiger charge is -2.15. The van der Waals surface area contributed by atoms with Crippen LogP contribution in [0.25, 0.3) is 0 Å². The molecular formula is C22H18F3NO3S. The van der Waals surface area contributed by atoms with Gasteiger partial charge in [0.25, 0.3) is 5.91 Å². The van der Waals surface area contributed by atoms with Crippen molar-refractivity contribution >= 4 is 23.2 Å². The lowest BCUT2D eigenvalue weighted by atomic mass is 10.0. The molecule has 1 heterocycles. The number of amides is 1. The van der Waals surface area contributed by atoms with Crippen molar-refractivity contribution < 1.29 is 27.9 Å². The zero-order chi connectivity index (χ0) is 21.9. The molecule has 0 spiro atoms. The van der Waals surface area contributed by atoms with Gasteiger partial charge in [0.1, 0.15) is 0 Å². The first-order chi connectivity index (χ1) is 14.1. The Morgan fingerprint density at radius 2 is 1.80 bits per heavy atom. The Bertz CT molecular complexity index is 1060. The largest absolute Gasteiger partial charge is 0.478 e. The Morgan fingerprint density at radius 1 is 1.10 bits per heavy atom. The summed E-state index contributed by atoms with van der Waals surface area (Å²) >= 11 is 1.30. The summed E-state index contributed by atoms with van der Waals surface area (Å²) < 4.78 is 38.8. The van der Waals surface area contributed by atoms with Crippen LogP contribution in [-0.2, 0) is 12.6 Å². The summed E-state index contributed by atoms with van der Waals surface area (Å²) in [6.07, 6.45) is -4.21. The van der Waals surface area contributed by atoms with Gasteiger partial charge in [-0.05, 0) is 53.6 Å². The molecule has 0 bridgehead atoms. The molecule has 0 fully saturated rings. The molecule has 30 heavy (non-hydrogen) atoms. The van der Waals surface area contributed by atoms with Gasteiger partial charge in [-0.15, -0.1) is 0 Å². The quantitative estimate of drug-likeness (QED) is 0.536. The van der Waals surface area contributed by atoms with Crippen LogP contribution in [-0.4, -0.2) is 17.0 Å². The Hall–Kier alpha value is -3.13. The maximum absolute atomic E-state index is 12.9. The average molecular weight is 433 g/mol. The zero-order valence-corrected chi connectivity index (χ0v) is 16.7. The average Bonchev–Trinajstić information content (AvgIpc) is 3.15. The number of hydrogen-bond acceptors (Lipinski definition) is 3. The third-order valence-corrected chi connectivity index (χ3v) is 5.43. The van der Waals surface area contributed by atoms with E-state index in [2.05, 4.69) is 5.32 Å². The number of rotatable bonds is 6. The number of carboxylic acid groups (broad SMARTS) is 1. The molecule has 0 saturated heterocycles. The van der Waals surface area contributed by atoms with Crippen LogP contribution >= 0.6 is 11.3 Å². The van der Waals surface area contributed by atoms with Gasteiger partial charge in [-0.1, -0.05) is 30.3 Å². The van der Waals surface area contributed by atoms with Crippen LogP contribution in [0.5, 0.6) is 0 Å². The van der Waals surface area contributed by atoms with Crippen molar-refractivity contribution in [2.45, 2.75) is 25.6 Å². The highest BCUT2D eigenvalue weighted by molar-refractivity contribution is 7.08. The first-order valence-corrected chi connectivity index (χ1v) is 9.94. The summed E-state index contributed by atoms with van der Waals surface area (Å²) in [7, 11) is 0. The van der Waals surface area contributed by atoms with Gasteiger partial charge in [-0.3, -0.25) is 4.79 Å². The van der Waals surface area contributed by atoms with Crippen molar-refractivity contribution in [1.82, 2.24) is 5.32 Å². The monoisotopic (exact) mass is 433 g/mol. The molecule has 0 unspecified atom stereocenters.